The fourth-order valence-electron chi connectivity index (χ4n) is 6.92. The van der Waals surface area contributed by atoms with Gasteiger partial charge in [-0.3, -0.25) is 4.98 Å². The smallest absolute Gasteiger partial charge is 0.189 e. The number of aromatic hydroxyl groups is 1. The Labute approximate surface area is 331 Å². The Balaban J connectivity index is 0.00000450. The molecule has 6 nitrogen and oxygen atoms in total. The Morgan fingerprint density at radius 3 is 2.02 bits per heavy atom. The Bertz CT molecular complexity index is 2670. The normalized spacial score (nSPS) is 12.5. The number of pyridine rings is 2. The van der Waals surface area contributed by atoms with E-state index in [1.165, 1.54) is 5.56 Å². The first-order valence-electron chi connectivity index (χ1n) is 18.3. The molecule has 7 heteroatoms. The predicted octanol–water partition coefficient (Wildman–Crippen LogP) is 12.1. The molecule has 276 valence electrons. The zero-order valence-corrected chi connectivity index (χ0v) is 34.5. The second kappa shape index (κ2) is 13.4. The summed E-state index contributed by atoms with van der Waals surface area (Å²) in [6, 6.07) is 36.6. The molecule has 0 radical (unpaired) electrons. The molecule has 4 aromatic heterocycles. The quantitative estimate of drug-likeness (QED) is 0.178. The van der Waals surface area contributed by atoms with Gasteiger partial charge in [-0.1, -0.05) is 135 Å². The van der Waals surface area contributed by atoms with Crippen molar-refractivity contribution in [3.05, 3.63) is 126 Å². The van der Waals surface area contributed by atoms with Crippen molar-refractivity contribution in [2.24, 2.45) is 0 Å². The summed E-state index contributed by atoms with van der Waals surface area (Å²) in [5, 5.41) is 13.0. The largest absolute Gasteiger partial charge is 0.507 e. The first-order chi connectivity index (χ1) is 25.1. The molecule has 8 rings (SSSR count). The molecule has 0 unspecified atom stereocenters. The molecule has 4 aromatic carbocycles. The van der Waals surface area contributed by atoms with Gasteiger partial charge in [0.05, 0.1) is 11.3 Å². The van der Waals surface area contributed by atoms with E-state index < -0.39 is 0 Å². The average Bonchev–Trinajstić information content (AvgIpc) is 3.71. The Hall–Kier alpha value is -5.06. The number of oxazole rings is 1. The standard InChI is InChI=1S/C47H45N4O2.Pt/c1-45(2,3)30-20-22-37-34(23-30)41-38(51(37)40-25-31(46(4,5)6)24-36(49-40)32-17-13-14-18-39(32)52)26-33(42-43(41)53-44(50-42)47(7,8)9)35-21-19-29(27-48-35)28-15-11-10-12-16-28;/h10-25,27,52H,1-9H3;/q-1;. The van der Waals surface area contributed by atoms with Gasteiger partial charge in [-0.25, -0.2) is 4.98 Å². The maximum Gasteiger partial charge on any atom is 0.189 e. The monoisotopic (exact) mass is 892 g/mol. The van der Waals surface area contributed by atoms with Crippen LogP contribution in [0, 0.1) is 6.07 Å². The molecule has 54 heavy (non-hydrogen) atoms. The molecular weight excluding hydrogens is 848 g/mol. The van der Waals surface area contributed by atoms with Crippen molar-refractivity contribution in [2.45, 2.75) is 78.6 Å². The van der Waals surface area contributed by atoms with Crippen LogP contribution in [0.1, 0.15) is 79.3 Å². The third-order valence-corrected chi connectivity index (χ3v) is 10.0. The van der Waals surface area contributed by atoms with E-state index >= 15 is 0 Å². The fraction of sp³-hybridized carbons (Fsp3) is 0.255. The van der Waals surface area contributed by atoms with Crippen LogP contribution in [0.25, 0.3) is 72.4 Å². The number of aromatic nitrogens is 4. The van der Waals surface area contributed by atoms with Crippen molar-refractivity contribution in [1.82, 2.24) is 19.5 Å². The number of phenols is 1. The summed E-state index contributed by atoms with van der Waals surface area (Å²) in [7, 11) is 0. The minimum Gasteiger partial charge on any atom is -0.507 e. The van der Waals surface area contributed by atoms with Crippen molar-refractivity contribution in [3.8, 4) is 45.2 Å². The maximum absolute atomic E-state index is 11.0. The van der Waals surface area contributed by atoms with Gasteiger partial charge in [0, 0.05) is 49.3 Å². The third-order valence-electron chi connectivity index (χ3n) is 10.0. The SMILES string of the molecule is CC(C)(C)c1cc(-c2ccccc2O)nc(-n2c3[c-]c(-c4ccc(-c5ccccc5)cn4)c4nc(C(C)(C)C)oc4c3c3cc(C(C)(C)C)ccc32)c1.[Pt]. The number of rotatable bonds is 4. The van der Waals surface area contributed by atoms with Gasteiger partial charge in [0.25, 0.3) is 0 Å². The number of nitrogens with zero attached hydrogens (tertiary/aromatic N) is 4. The number of hydrogen-bond acceptors (Lipinski definition) is 5. The number of para-hydroxylation sites is 1. The molecule has 0 fully saturated rings. The Kier molecular flexibility index (Phi) is 9.21. The van der Waals surface area contributed by atoms with Crippen LogP contribution in [0.2, 0.25) is 0 Å². The maximum atomic E-state index is 11.0. The van der Waals surface area contributed by atoms with Gasteiger partial charge in [0.1, 0.15) is 11.6 Å². The van der Waals surface area contributed by atoms with Crippen LogP contribution in [-0.2, 0) is 37.3 Å². The summed E-state index contributed by atoms with van der Waals surface area (Å²) in [4.78, 5) is 15.5. The molecule has 4 heterocycles. The molecule has 0 atom stereocenters. The summed E-state index contributed by atoms with van der Waals surface area (Å²) in [6.45, 7) is 19.7. The van der Waals surface area contributed by atoms with E-state index in [1.807, 2.05) is 48.7 Å². The number of phenolic OH excluding ortho intramolecular Hbond substituents is 1. The van der Waals surface area contributed by atoms with Crippen LogP contribution in [0.15, 0.2) is 108 Å². The van der Waals surface area contributed by atoms with Crippen molar-refractivity contribution >= 4 is 32.9 Å². The van der Waals surface area contributed by atoms with Gasteiger partial charge >= 0.3 is 0 Å². The first kappa shape index (κ1) is 37.3. The summed E-state index contributed by atoms with van der Waals surface area (Å²) in [6.07, 6.45) is 1.91. The predicted molar refractivity (Wildman–Crippen MR) is 217 cm³/mol. The average molecular weight is 893 g/mol. The molecule has 0 aliphatic carbocycles. The van der Waals surface area contributed by atoms with Gasteiger partial charge in [-0.05, 0) is 85.4 Å². The van der Waals surface area contributed by atoms with Gasteiger partial charge < -0.3 is 19.1 Å². The van der Waals surface area contributed by atoms with E-state index in [0.29, 0.717) is 22.7 Å². The Morgan fingerprint density at radius 1 is 0.667 bits per heavy atom. The summed E-state index contributed by atoms with van der Waals surface area (Å²) < 4.78 is 9.04. The van der Waals surface area contributed by atoms with Gasteiger partial charge in [0.2, 0.25) is 0 Å². The second-order valence-corrected chi connectivity index (χ2v) is 17.2. The van der Waals surface area contributed by atoms with Gasteiger partial charge in [-0.2, -0.15) is 0 Å². The fourth-order valence-corrected chi connectivity index (χ4v) is 6.92. The summed E-state index contributed by atoms with van der Waals surface area (Å²) in [5.41, 5.74) is 9.94. The van der Waals surface area contributed by atoms with E-state index in [1.54, 1.807) is 6.07 Å². The van der Waals surface area contributed by atoms with Crippen LogP contribution in [-0.4, -0.2) is 24.6 Å². The first-order valence-corrected chi connectivity index (χ1v) is 18.3. The molecule has 0 saturated heterocycles. The third kappa shape index (κ3) is 6.55. The van der Waals surface area contributed by atoms with E-state index in [2.05, 4.69) is 121 Å². The van der Waals surface area contributed by atoms with Crippen molar-refractivity contribution in [1.29, 1.82) is 0 Å². The zero-order valence-electron chi connectivity index (χ0n) is 32.3. The van der Waals surface area contributed by atoms with Crippen molar-refractivity contribution < 1.29 is 30.6 Å². The summed E-state index contributed by atoms with van der Waals surface area (Å²) in [5.74, 6) is 1.56. The van der Waals surface area contributed by atoms with Crippen LogP contribution in [0.3, 0.4) is 0 Å². The molecule has 8 aromatic rings. The Morgan fingerprint density at radius 2 is 1.37 bits per heavy atom. The van der Waals surface area contributed by atoms with Crippen LogP contribution >= 0.6 is 0 Å². The number of hydrogen-bond donors (Lipinski definition) is 1. The molecule has 1 N–H and O–H groups in total. The van der Waals surface area contributed by atoms with Crippen LogP contribution in [0.5, 0.6) is 5.75 Å². The van der Waals surface area contributed by atoms with E-state index in [0.717, 1.165) is 61.1 Å². The zero-order chi connectivity index (χ0) is 37.4. The molecule has 0 aliphatic rings. The van der Waals surface area contributed by atoms with E-state index in [9.17, 15) is 5.11 Å². The molecule has 0 bridgehead atoms. The molecule has 0 spiro atoms. The van der Waals surface area contributed by atoms with Crippen molar-refractivity contribution in [3.63, 3.8) is 0 Å². The van der Waals surface area contributed by atoms with Crippen LogP contribution in [0.4, 0.5) is 0 Å². The second-order valence-electron chi connectivity index (χ2n) is 17.2. The minimum absolute atomic E-state index is 0. The summed E-state index contributed by atoms with van der Waals surface area (Å²) >= 11 is 0. The molecule has 0 saturated carbocycles. The van der Waals surface area contributed by atoms with Gasteiger partial charge in [0.15, 0.2) is 5.89 Å². The van der Waals surface area contributed by atoms with E-state index in [4.69, 9.17) is 19.4 Å². The minimum atomic E-state index is -0.336. The molecule has 0 aliphatic heterocycles. The molecule has 0 amide bonds. The van der Waals surface area contributed by atoms with E-state index in [-0.39, 0.29) is 43.1 Å². The number of fused-ring (bicyclic) bond motifs is 5. The number of benzene rings is 4. The van der Waals surface area contributed by atoms with Crippen molar-refractivity contribution in [2.75, 3.05) is 0 Å². The van der Waals surface area contributed by atoms with Gasteiger partial charge in [-0.15, -0.1) is 6.07 Å². The topological polar surface area (TPSA) is 77.0 Å². The van der Waals surface area contributed by atoms with Crippen LogP contribution < -0.4 is 0 Å². The molecular formula is C47H45N4O2Pt-.